The van der Waals surface area contributed by atoms with Crippen LogP contribution in [0, 0.1) is 5.92 Å². The van der Waals surface area contributed by atoms with Gasteiger partial charge in [0.05, 0.1) is 18.8 Å². The molecule has 1 saturated heterocycles. The van der Waals surface area contributed by atoms with Crippen LogP contribution in [-0.4, -0.2) is 41.2 Å². The minimum atomic E-state index is -0.914. The molecule has 1 aliphatic heterocycles. The first-order valence-corrected chi connectivity index (χ1v) is 7.35. The highest BCUT2D eigenvalue weighted by Crippen LogP contribution is 2.23. The van der Waals surface area contributed by atoms with Crippen molar-refractivity contribution in [2.45, 2.75) is 32.9 Å². The Hall–Kier alpha value is -0.980. The van der Waals surface area contributed by atoms with Gasteiger partial charge >= 0.3 is 5.97 Å². The second-order valence-electron chi connectivity index (χ2n) is 5.08. The molecule has 0 atom stereocenters. The lowest BCUT2D eigenvalue weighted by atomic mass is 9.99. The van der Waals surface area contributed by atoms with Crippen LogP contribution in [0.4, 0.5) is 0 Å². The Bertz CT molecular complexity index is 439. The monoisotopic (exact) mass is 284 g/mol. The van der Waals surface area contributed by atoms with E-state index in [1.165, 1.54) is 24.2 Å². The van der Waals surface area contributed by atoms with Gasteiger partial charge in [-0.3, -0.25) is 4.90 Å². The molecule has 1 aromatic heterocycles. The van der Waals surface area contributed by atoms with Crippen molar-refractivity contribution in [3.05, 3.63) is 15.6 Å². The molecule has 0 unspecified atom stereocenters. The first kappa shape index (κ1) is 14.4. The Morgan fingerprint density at radius 2 is 2.21 bits per heavy atom. The average Bonchev–Trinajstić information content (AvgIpc) is 2.76. The number of methoxy groups -OCH3 is 1. The van der Waals surface area contributed by atoms with Gasteiger partial charge < -0.3 is 9.84 Å². The molecular formula is C13H20N2O3S. The van der Waals surface area contributed by atoms with Gasteiger partial charge in [0.1, 0.15) is 9.88 Å². The lowest BCUT2D eigenvalue weighted by molar-refractivity contribution is 0.0697. The van der Waals surface area contributed by atoms with Gasteiger partial charge in [0.2, 0.25) is 0 Å². The number of thiazole rings is 1. The number of rotatable bonds is 5. The van der Waals surface area contributed by atoms with Crippen LogP contribution in [0.5, 0.6) is 0 Å². The van der Waals surface area contributed by atoms with Crippen molar-refractivity contribution in [2.75, 3.05) is 20.2 Å². The maximum atomic E-state index is 11.1. The second kappa shape index (κ2) is 6.45. The Morgan fingerprint density at radius 3 is 2.79 bits per heavy atom. The molecule has 0 spiro atoms. The summed E-state index contributed by atoms with van der Waals surface area (Å²) >= 11 is 1.27. The van der Waals surface area contributed by atoms with E-state index in [1.807, 2.05) is 0 Å². The number of hydrogen-bond acceptors (Lipinski definition) is 5. The fourth-order valence-corrected chi connectivity index (χ4v) is 3.23. The SMILES string of the molecule is COCc1nc(CN2CCC(C)CC2)sc1C(=O)O. The van der Waals surface area contributed by atoms with E-state index in [1.54, 1.807) is 7.11 Å². The van der Waals surface area contributed by atoms with Gasteiger partial charge in [0.15, 0.2) is 0 Å². The number of nitrogens with zero attached hydrogens (tertiary/aromatic N) is 2. The van der Waals surface area contributed by atoms with Crippen LogP contribution in [-0.2, 0) is 17.9 Å². The molecule has 19 heavy (non-hydrogen) atoms. The van der Waals surface area contributed by atoms with Crippen LogP contribution in [0.2, 0.25) is 0 Å². The molecule has 5 nitrogen and oxygen atoms in total. The molecular weight excluding hydrogens is 264 g/mol. The fourth-order valence-electron chi connectivity index (χ4n) is 2.28. The predicted octanol–water partition coefficient (Wildman–Crippen LogP) is 2.22. The summed E-state index contributed by atoms with van der Waals surface area (Å²) in [5.74, 6) is -0.116. The summed E-state index contributed by atoms with van der Waals surface area (Å²) in [6, 6.07) is 0. The summed E-state index contributed by atoms with van der Waals surface area (Å²) in [4.78, 5) is 18.2. The van der Waals surface area contributed by atoms with Crippen molar-refractivity contribution in [3.63, 3.8) is 0 Å². The molecule has 0 amide bonds. The van der Waals surface area contributed by atoms with Crippen molar-refractivity contribution in [1.82, 2.24) is 9.88 Å². The van der Waals surface area contributed by atoms with Crippen LogP contribution in [0.3, 0.4) is 0 Å². The molecule has 1 aliphatic rings. The zero-order valence-electron chi connectivity index (χ0n) is 11.4. The number of carbonyl (C=O) groups is 1. The summed E-state index contributed by atoms with van der Waals surface area (Å²) in [6.45, 7) is 5.43. The Kier molecular flexibility index (Phi) is 4.90. The number of carboxylic acids is 1. The van der Waals surface area contributed by atoms with Crippen molar-refractivity contribution < 1.29 is 14.6 Å². The van der Waals surface area contributed by atoms with E-state index in [0.717, 1.165) is 30.6 Å². The van der Waals surface area contributed by atoms with Gasteiger partial charge in [-0.25, -0.2) is 9.78 Å². The topological polar surface area (TPSA) is 62.7 Å². The van der Waals surface area contributed by atoms with E-state index in [-0.39, 0.29) is 6.61 Å². The highest BCUT2D eigenvalue weighted by molar-refractivity contribution is 7.13. The largest absolute Gasteiger partial charge is 0.477 e. The molecule has 106 valence electrons. The Morgan fingerprint density at radius 1 is 1.53 bits per heavy atom. The van der Waals surface area contributed by atoms with Crippen LogP contribution in [0.25, 0.3) is 0 Å². The summed E-state index contributed by atoms with van der Waals surface area (Å²) in [5, 5.41) is 10.0. The van der Waals surface area contributed by atoms with Gasteiger partial charge in [-0.2, -0.15) is 0 Å². The van der Waals surface area contributed by atoms with Gasteiger partial charge in [-0.1, -0.05) is 6.92 Å². The van der Waals surface area contributed by atoms with Gasteiger partial charge in [-0.15, -0.1) is 11.3 Å². The lowest BCUT2D eigenvalue weighted by Gasteiger charge is -2.29. The number of hydrogen-bond donors (Lipinski definition) is 1. The third-order valence-electron chi connectivity index (χ3n) is 3.45. The molecule has 1 aromatic rings. The van der Waals surface area contributed by atoms with E-state index in [4.69, 9.17) is 9.84 Å². The summed E-state index contributed by atoms with van der Waals surface area (Å²) < 4.78 is 5.00. The number of likely N-dealkylation sites (tertiary alicyclic amines) is 1. The quantitative estimate of drug-likeness (QED) is 0.898. The maximum Gasteiger partial charge on any atom is 0.347 e. The number of aromatic carboxylic acids is 1. The maximum absolute atomic E-state index is 11.1. The number of ether oxygens (including phenoxy) is 1. The van der Waals surface area contributed by atoms with Gasteiger partial charge in [0, 0.05) is 7.11 Å². The van der Waals surface area contributed by atoms with Crippen LogP contribution in [0.15, 0.2) is 0 Å². The molecule has 2 rings (SSSR count). The highest BCUT2D eigenvalue weighted by atomic mass is 32.1. The van der Waals surface area contributed by atoms with Crippen LogP contribution >= 0.6 is 11.3 Å². The summed E-state index contributed by atoms with van der Waals surface area (Å²) in [7, 11) is 1.55. The fraction of sp³-hybridized carbons (Fsp3) is 0.692. The van der Waals surface area contributed by atoms with Gasteiger partial charge in [0.25, 0.3) is 0 Å². The first-order chi connectivity index (χ1) is 9.10. The second-order valence-corrected chi connectivity index (χ2v) is 6.16. The molecule has 1 fully saturated rings. The molecule has 1 N–H and O–H groups in total. The Labute approximate surface area is 117 Å². The molecule has 0 bridgehead atoms. The minimum absolute atomic E-state index is 0.259. The van der Waals surface area contributed by atoms with Crippen molar-refractivity contribution in [3.8, 4) is 0 Å². The normalized spacial score (nSPS) is 17.8. The van der Waals surface area contributed by atoms with Crippen LogP contribution in [0.1, 0.15) is 40.1 Å². The summed E-state index contributed by atoms with van der Waals surface area (Å²) in [6.07, 6.45) is 2.42. The molecule has 6 heteroatoms. The third kappa shape index (κ3) is 3.75. The highest BCUT2D eigenvalue weighted by Gasteiger charge is 2.20. The van der Waals surface area contributed by atoms with E-state index >= 15 is 0 Å². The van der Waals surface area contributed by atoms with E-state index in [0.29, 0.717) is 10.6 Å². The lowest BCUT2D eigenvalue weighted by Crippen LogP contribution is -2.32. The first-order valence-electron chi connectivity index (χ1n) is 6.53. The van der Waals surface area contributed by atoms with Gasteiger partial charge in [-0.05, 0) is 31.8 Å². The van der Waals surface area contributed by atoms with Crippen molar-refractivity contribution >= 4 is 17.3 Å². The van der Waals surface area contributed by atoms with Crippen molar-refractivity contribution in [2.24, 2.45) is 5.92 Å². The number of aromatic nitrogens is 1. The summed E-state index contributed by atoms with van der Waals surface area (Å²) in [5.41, 5.74) is 0.542. The number of piperidine rings is 1. The Balaban J connectivity index is 2.04. The third-order valence-corrected chi connectivity index (χ3v) is 4.52. The zero-order chi connectivity index (χ0) is 13.8. The molecule has 0 aromatic carbocycles. The number of carboxylic acid groups (broad SMARTS) is 1. The molecule has 2 heterocycles. The molecule has 0 saturated carbocycles. The van der Waals surface area contributed by atoms with Crippen LogP contribution < -0.4 is 0 Å². The molecule has 0 aliphatic carbocycles. The van der Waals surface area contributed by atoms with Crippen molar-refractivity contribution in [1.29, 1.82) is 0 Å². The zero-order valence-corrected chi connectivity index (χ0v) is 12.2. The average molecular weight is 284 g/mol. The molecule has 0 radical (unpaired) electrons. The van der Waals surface area contributed by atoms with E-state index in [9.17, 15) is 4.79 Å². The van der Waals surface area contributed by atoms with E-state index < -0.39 is 5.97 Å². The smallest absolute Gasteiger partial charge is 0.347 e. The van der Waals surface area contributed by atoms with E-state index in [2.05, 4.69) is 16.8 Å². The predicted molar refractivity (Wildman–Crippen MR) is 73.5 cm³/mol. The standard InChI is InChI=1S/C13H20N2O3S/c1-9-3-5-15(6-4-9)7-11-14-10(8-18-2)12(19-11)13(16)17/h9H,3-8H2,1-2H3,(H,16,17). The minimum Gasteiger partial charge on any atom is -0.477 e.